The van der Waals surface area contributed by atoms with Crippen molar-refractivity contribution < 1.29 is 9.53 Å². The standard InChI is InChI=1S/C14H17NO2/c1-17-12-4-2-3-10(7-12)14(16)13-9-15-6-5-11(13)8-15/h2-4,7,11,13H,5-6,8-9H2,1H3. The number of hydrogen-bond acceptors (Lipinski definition) is 3. The second kappa shape index (κ2) is 4.15. The summed E-state index contributed by atoms with van der Waals surface area (Å²) in [5.74, 6) is 1.83. The van der Waals surface area contributed by atoms with E-state index in [1.54, 1.807) is 7.11 Å². The summed E-state index contributed by atoms with van der Waals surface area (Å²) in [4.78, 5) is 14.8. The monoisotopic (exact) mass is 231 g/mol. The summed E-state index contributed by atoms with van der Waals surface area (Å²) in [6.45, 7) is 3.23. The Kier molecular flexibility index (Phi) is 2.63. The van der Waals surface area contributed by atoms with Gasteiger partial charge in [-0.05, 0) is 31.0 Å². The van der Waals surface area contributed by atoms with Gasteiger partial charge in [-0.1, -0.05) is 12.1 Å². The van der Waals surface area contributed by atoms with Gasteiger partial charge in [0.05, 0.1) is 7.11 Å². The predicted octanol–water partition coefficient (Wildman–Crippen LogP) is 1.83. The van der Waals surface area contributed by atoms with Gasteiger partial charge in [-0.3, -0.25) is 4.79 Å². The highest BCUT2D eigenvalue weighted by Crippen LogP contribution is 2.35. The van der Waals surface area contributed by atoms with E-state index in [1.165, 1.54) is 13.0 Å². The highest BCUT2D eigenvalue weighted by molar-refractivity contribution is 5.98. The number of ketones is 1. The first-order chi connectivity index (χ1) is 8.28. The lowest BCUT2D eigenvalue weighted by atomic mass is 9.86. The van der Waals surface area contributed by atoms with Crippen molar-refractivity contribution in [3.63, 3.8) is 0 Å². The van der Waals surface area contributed by atoms with Crippen molar-refractivity contribution in [2.45, 2.75) is 6.42 Å². The van der Waals surface area contributed by atoms with Gasteiger partial charge in [0.25, 0.3) is 0 Å². The summed E-state index contributed by atoms with van der Waals surface area (Å²) >= 11 is 0. The summed E-state index contributed by atoms with van der Waals surface area (Å²) in [6, 6.07) is 7.51. The molecule has 2 fully saturated rings. The fraction of sp³-hybridized carbons (Fsp3) is 0.500. The quantitative estimate of drug-likeness (QED) is 0.743. The van der Waals surface area contributed by atoms with E-state index < -0.39 is 0 Å². The van der Waals surface area contributed by atoms with Crippen LogP contribution in [-0.4, -0.2) is 37.4 Å². The molecule has 3 rings (SSSR count). The van der Waals surface area contributed by atoms with Gasteiger partial charge in [-0.25, -0.2) is 0 Å². The molecule has 0 spiro atoms. The molecule has 3 unspecified atom stereocenters. The second-order valence-corrected chi connectivity index (χ2v) is 5.01. The number of piperidine rings is 1. The van der Waals surface area contributed by atoms with E-state index in [0.717, 1.165) is 24.4 Å². The summed E-state index contributed by atoms with van der Waals surface area (Å²) < 4.78 is 5.17. The molecule has 2 bridgehead atoms. The maximum Gasteiger partial charge on any atom is 0.167 e. The van der Waals surface area contributed by atoms with Crippen LogP contribution in [0.1, 0.15) is 16.8 Å². The molecule has 2 aliphatic heterocycles. The third-order valence-corrected chi connectivity index (χ3v) is 4.02. The number of fused-ring (bicyclic) bond motifs is 2. The molecular formula is C14H17NO2. The van der Waals surface area contributed by atoms with E-state index in [-0.39, 0.29) is 11.7 Å². The van der Waals surface area contributed by atoms with Gasteiger partial charge in [0.2, 0.25) is 0 Å². The third-order valence-electron chi connectivity index (χ3n) is 4.02. The number of carbonyl (C=O) groups excluding carboxylic acids is 1. The van der Waals surface area contributed by atoms with Crippen LogP contribution in [0.3, 0.4) is 0 Å². The maximum absolute atomic E-state index is 12.4. The third kappa shape index (κ3) is 1.84. The van der Waals surface area contributed by atoms with Crippen LogP contribution in [0.25, 0.3) is 0 Å². The summed E-state index contributed by atoms with van der Waals surface area (Å²) in [7, 11) is 1.63. The minimum Gasteiger partial charge on any atom is -0.497 e. The molecule has 0 radical (unpaired) electrons. The van der Waals surface area contributed by atoms with Crippen LogP contribution in [0.4, 0.5) is 0 Å². The largest absolute Gasteiger partial charge is 0.497 e. The van der Waals surface area contributed by atoms with Gasteiger partial charge in [0.15, 0.2) is 5.78 Å². The maximum atomic E-state index is 12.4. The molecule has 0 saturated carbocycles. The zero-order valence-corrected chi connectivity index (χ0v) is 10.1. The molecule has 1 aromatic carbocycles. The summed E-state index contributed by atoms with van der Waals surface area (Å²) in [6.07, 6.45) is 1.18. The molecule has 2 saturated heterocycles. The number of Topliss-reactive ketones (excluding diaryl/α,β-unsaturated/α-hetero) is 1. The lowest BCUT2D eigenvalue weighted by Crippen LogP contribution is -2.29. The number of nitrogens with zero attached hydrogens (tertiary/aromatic N) is 1. The molecule has 0 aliphatic carbocycles. The molecule has 3 heteroatoms. The van der Waals surface area contributed by atoms with Crippen LogP contribution in [0.5, 0.6) is 5.75 Å². The number of hydrogen-bond donors (Lipinski definition) is 0. The Labute approximate surface area is 101 Å². The molecule has 3 nitrogen and oxygen atoms in total. The lowest BCUT2D eigenvalue weighted by Gasteiger charge is -2.20. The van der Waals surface area contributed by atoms with Crippen molar-refractivity contribution in [1.29, 1.82) is 0 Å². The first-order valence-corrected chi connectivity index (χ1v) is 6.18. The van der Waals surface area contributed by atoms with E-state index in [0.29, 0.717) is 5.92 Å². The number of methoxy groups -OCH3 is 1. The number of rotatable bonds is 3. The van der Waals surface area contributed by atoms with Crippen LogP contribution < -0.4 is 4.74 Å². The van der Waals surface area contributed by atoms with Crippen LogP contribution >= 0.6 is 0 Å². The SMILES string of the molecule is COc1cccc(C(=O)C2CN3CCC2C3)c1. The smallest absolute Gasteiger partial charge is 0.167 e. The summed E-state index contributed by atoms with van der Waals surface area (Å²) in [5, 5.41) is 0. The van der Waals surface area contributed by atoms with Crippen LogP contribution in [0.15, 0.2) is 24.3 Å². The molecule has 2 aliphatic rings. The fourth-order valence-corrected chi connectivity index (χ4v) is 3.07. The molecule has 2 heterocycles. The van der Waals surface area contributed by atoms with Crippen molar-refractivity contribution in [3.05, 3.63) is 29.8 Å². The molecule has 3 atom stereocenters. The Morgan fingerprint density at radius 3 is 2.94 bits per heavy atom. The topological polar surface area (TPSA) is 29.5 Å². The van der Waals surface area contributed by atoms with Gasteiger partial charge in [0.1, 0.15) is 5.75 Å². The highest BCUT2D eigenvalue weighted by atomic mass is 16.5. The number of benzene rings is 1. The van der Waals surface area contributed by atoms with Crippen molar-refractivity contribution in [3.8, 4) is 5.75 Å². The fourth-order valence-electron chi connectivity index (χ4n) is 3.07. The average Bonchev–Trinajstić information content (AvgIpc) is 3.00. The van der Waals surface area contributed by atoms with E-state index in [1.807, 2.05) is 24.3 Å². The first kappa shape index (κ1) is 10.8. The van der Waals surface area contributed by atoms with Crippen LogP contribution in [-0.2, 0) is 0 Å². The highest BCUT2D eigenvalue weighted by Gasteiger charge is 2.41. The van der Waals surface area contributed by atoms with Crippen LogP contribution in [0, 0.1) is 11.8 Å². The van der Waals surface area contributed by atoms with Gasteiger partial charge >= 0.3 is 0 Å². The van der Waals surface area contributed by atoms with Gasteiger partial charge in [-0.2, -0.15) is 0 Å². The van der Waals surface area contributed by atoms with Gasteiger partial charge < -0.3 is 9.64 Å². The Morgan fingerprint density at radius 1 is 1.41 bits per heavy atom. The zero-order valence-electron chi connectivity index (χ0n) is 10.1. The molecular weight excluding hydrogens is 214 g/mol. The Morgan fingerprint density at radius 2 is 2.29 bits per heavy atom. The van der Waals surface area contributed by atoms with Gasteiger partial charge in [-0.15, -0.1) is 0 Å². The second-order valence-electron chi connectivity index (χ2n) is 5.01. The Hall–Kier alpha value is -1.35. The Bertz CT molecular complexity index is 444. The summed E-state index contributed by atoms with van der Waals surface area (Å²) in [5.41, 5.74) is 0.795. The van der Waals surface area contributed by atoms with Crippen molar-refractivity contribution >= 4 is 5.78 Å². The van der Waals surface area contributed by atoms with Crippen LogP contribution in [0.2, 0.25) is 0 Å². The minimum absolute atomic E-state index is 0.204. The zero-order chi connectivity index (χ0) is 11.8. The predicted molar refractivity (Wildman–Crippen MR) is 65.4 cm³/mol. The molecule has 90 valence electrons. The first-order valence-electron chi connectivity index (χ1n) is 6.18. The minimum atomic E-state index is 0.204. The van der Waals surface area contributed by atoms with E-state index >= 15 is 0 Å². The van der Waals surface area contributed by atoms with E-state index in [9.17, 15) is 4.79 Å². The molecule has 0 amide bonds. The molecule has 0 N–H and O–H groups in total. The molecule has 1 aromatic rings. The van der Waals surface area contributed by atoms with Crippen molar-refractivity contribution in [2.75, 3.05) is 26.7 Å². The van der Waals surface area contributed by atoms with Crippen molar-refractivity contribution in [1.82, 2.24) is 4.90 Å². The number of ether oxygens (including phenoxy) is 1. The Balaban J connectivity index is 1.81. The van der Waals surface area contributed by atoms with E-state index in [4.69, 9.17) is 4.74 Å². The molecule has 17 heavy (non-hydrogen) atoms. The lowest BCUT2D eigenvalue weighted by molar-refractivity contribution is 0.0879. The molecule has 0 aromatic heterocycles. The normalized spacial score (nSPS) is 30.5. The average molecular weight is 231 g/mol. The van der Waals surface area contributed by atoms with E-state index in [2.05, 4.69) is 4.90 Å². The van der Waals surface area contributed by atoms with Crippen molar-refractivity contribution in [2.24, 2.45) is 11.8 Å². The number of carbonyl (C=O) groups is 1. The van der Waals surface area contributed by atoms with Gasteiger partial charge in [0, 0.05) is 24.6 Å².